The SMILES string of the molecule is Cc1c(-c2ccccc2-c2ccc(F)cc2F)nc2cc(C(=O)NCC3CCNCC3)ccn12. The molecule has 7 heteroatoms. The van der Waals surface area contributed by atoms with E-state index < -0.39 is 11.6 Å². The van der Waals surface area contributed by atoms with Crippen LogP contribution in [-0.2, 0) is 0 Å². The summed E-state index contributed by atoms with van der Waals surface area (Å²) in [5.41, 5.74) is 4.43. The van der Waals surface area contributed by atoms with Gasteiger partial charge in [0.05, 0.1) is 5.69 Å². The molecule has 5 rings (SSSR count). The maximum Gasteiger partial charge on any atom is 0.251 e. The molecule has 2 aromatic carbocycles. The number of hydrogen-bond donors (Lipinski definition) is 2. The van der Waals surface area contributed by atoms with Crippen molar-refractivity contribution in [2.45, 2.75) is 19.8 Å². The maximum absolute atomic E-state index is 14.6. The number of halogens is 2. The molecule has 1 fully saturated rings. The number of imidazole rings is 1. The summed E-state index contributed by atoms with van der Waals surface area (Å²) in [6.07, 6.45) is 3.97. The van der Waals surface area contributed by atoms with Crippen molar-refractivity contribution in [3.05, 3.63) is 83.7 Å². The molecule has 1 saturated heterocycles. The first-order valence-electron chi connectivity index (χ1n) is 11.5. The minimum Gasteiger partial charge on any atom is -0.352 e. The molecule has 0 aliphatic carbocycles. The Morgan fingerprint density at radius 2 is 1.82 bits per heavy atom. The van der Waals surface area contributed by atoms with Crippen molar-refractivity contribution in [3.8, 4) is 22.4 Å². The van der Waals surface area contributed by atoms with E-state index in [4.69, 9.17) is 4.98 Å². The molecule has 174 valence electrons. The molecule has 3 heterocycles. The van der Waals surface area contributed by atoms with E-state index in [2.05, 4.69) is 10.6 Å². The van der Waals surface area contributed by atoms with Crippen LogP contribution in [0, 0.1) is 24.5 Å². The third-order valence-electron chi connectivity index (χ3n) is 6.54. The van der Waals surface area contributed by atoms with Crippen LogP contribution in [0.25, 0.3) is 28.0 Å². The van der Waals surface area contributed by atoms with Crippen LogP contribution >= 0.6 is 0 Å². The fourth-order valence-corrected chi connectivity index (χ4v) is 4.62. The van der Waals surface area contributed by atoms with Crippen LogP contribution in [0.2, 0.25) is 0 Å². The minimum atomic E-state index is -0.624. The normalized spacial score (nSPS) is 14.4. The minimum absolute atomic E-state index is 0.114. The van der Waals surface area contributed by atoms with Gasteiger partial charge in [-0.3, -0.25) is 4.79 Å². The van der Waals surface area contributed by atoms with Gasteiger partial charge in [0.25, 0.3) is 5.91 Å². The monoisotopic (exact) mass is 460 g/mol. The lowest BCUT2D eigenvalue weighted by Gasteiger charge is -2.22. The summed E-state index contributed by atoms with van der Waals surface area (Å²) in [5, 5.41) is 6.39. The van der Waals surface area contributed by atoms with Gasteiger partial charge in [0.2, 0.25) is 0 Å². The number of nitrogens with one attached hydrogen (secondary N) is 2. The lowest BCUT2D eigenvalue weighted by atomic mass is 9.96. The van der Waals surface area contributed by atoms with Crippen LogP contribution in [0.5, 0.6) is 0 Å². The number of rotatable bonds is 5. The zero-order valence-corrected chi connectivity index (χ0v) is 18.9. The molecule has 4 aromatic rings. The Bertz CT molecular complexity index is 1360. The van der Waals surface area contributed by atoms with Crippen molar-refractivity contribution in [3.63, 3.8) is 0 Å². The van der Waals surface area contributed by atoms with Crippen LogP contribution in [0.1, 0.15) is 28.9 Å². The van der Waals surface area contributed by atoms with Gasteiger partial charge in [-0.2, -0.15) is 0 Å². The lowest BCUT2D eigenvalue weighted by molar-refractivity contribution is 0.0944. The Hall–Kier alpha value is -3.58. The summed E-state index contributed by atoms with van der Waals surface area (Å²) in [6, 6.07) is 14.5. The fraction of sp³-hybridized carbons (Fsp3) is 0.259. The number of aryl methyl sites for hydroxylation is 1. The predicted octanol–water partition coefficient (Wildman–Crippen LogP) is 4.98. The Labute approximate surface area is 196 Å². The number of piperidine rings is 1. The third kappa shape index (κ3) is 4.31. The van der Waals surface area contributed by atoms with E-state index in [1.807, 2.05) is 35.7 Å². The molecule has 1 amide bonds. The van der Waals surface area contributed by atoms with E-state index in [1.165, 1.54) is 12.1 Å². The molecule has 34 heavy (non-hydrogen) atoms. The smallest absolute Gasteiger partial charge is 0.251 e. The second-order valence-corrected chi connectivity index (χ2v) is 8.76. The first kappa shape index (κ1) is 22.2. The lowest BCUT2D eigenvalue weighted by Crippen LogP contribution is -2.36. The Kier molecular flexibility index (Phi) is 6.11. The van der Waals surface area contributed by atoms with Gasteiger partial charge in [0.15, 0.2) is 0 Å². The molecule has 0 atom stereocenters. The highest BCUT2D eigenvalue weighted by atomic mass is 19.1. The largest absolute Gasteiger partial charge is 0.352 e. The second-order valence-electron chi connectivity index (χ2n) is 8.76. The summed E-state index contributed by atoms with van der Waals surface area (Å²) >= 11 is 0. The topological polar surface area (TPSA) is 58.4 Å². The van der Waals surface area contributed by atoms with Crippen LogP contribution < -0.4 is 10.6 Å². The molecular formula is C27H26F2N4O. The molecule has 5 nitrogen and oxygen atoms in total. The van der Waals surface area contributed by atoms with E-state index in [0.29, 0.717) is 40.5 Å². The van der Waals surface area contributed by atoms with Crippen molar-refractivity contribution in [1.82, 2.24) is 20.0 Å². The molecular weight excluding hydrogens is 434 g/mol. The van der Waals surface area contributed by atoms with Crippen molar-refractivity contribution >= 4 is 11.6 Å². The summed E-state index contributed by atoms with van der Waals surface area (Å²) < 4.78 is 29.9. The number of carbonyl (C=O) groups is 1. The van der Waals surface area contributed by atoms with Gasteiger partial charge >= 0.3 is 0 Å². The Morgan fingerprint density at radius 1 is 1.06 bits per heavy atom. The van der Waals surface area contributed by atoms with Crippen molar-refractivity contribution in [1.29, 1.82) is 0 Å². The molecule has 0 radical (unpaired) electrons. The van der Waals surface area contributed by atoms with Gasteiger partial charge in [-0.1, -0.05) is 24.3 Å². The van der Waals surface area contributed by atoms with Gasteiger partial charge < -0.3 is 15.0 Å². The van der Waals surface area contributed by atoms with Crippen LogP contribution in [-0.4, -0.2) is 34.9 Å². The van der Waals surface area contributed by atoms with Gasteiger partial charge in [-0.05, 0) is 68.6 Å². The molecule has 0 bridgehead atoms. The van der Waals surface area contributed by atoms with E-state index in [-0.39, 0.29) is 5.91 Å². The van der Waals surface area contributed by atoms with Crippen molar-refractivity contribution < 1.29 is 13.6 Å². The van der Waals surface area contributed by atoms with Crippen LogP contribution in [0.15, 0.2) is 60.8 Å². The number of aromatic nitrogens is 2. The van der Waals surface area contributed by atoms with Crippen molar-refractivity contribution in [2.24, 2.45) is 5.92 Å². The summed E-state index contributed by atoms with van der Waals surface area (Å²) in [5.74, 6) is -0.857. The Balaban J connectivity index is 1.47. The van der Waals surface area contributed by atoms with E-state index >= 15 is 0 Å². The number of nitrogens with zero attached hydrogens (tertiary/aromatic N) is 2. The average Bonchev–Trinajstić information content (AvgIpc) is 3.19. The predicted molar refractivity (Wildman–Crippen MR) is 129 cm³/mol. The number of fused-ring (bicyclic) bond motifs is 1. The molecule has 0 saturated carbocycles. The fourth-order valence-electron chi connectivity index (χ4n) is 4.62. The molecule has 1 aliphatic heterocycles. The summed E-state index contributed by atoms with van der Waals surface area (Å²) in [7, 11) is 0. The summed E-state index contributed by atoms with van der Waals surface area (Å²) in [6.45, 7) is 4.59. The first-order chi connectivity index (χ1) is 16.5. The zero-order valence-electron chi connectivity index (χ0n) is 18.9. The highest BCUT2D eigenvalue weighted by Gasteiger charge is 2.19. The van der Waals surface area contributed by atoms with E-state index in [9.17, 15) is 13.6 Å². The van der Waals surface area contributed by atoms with Gasteiger partial charge in [-0.25, -0.2) is 13.8 Å². The zero-order chi connectivity index (χ0) is 23.7. The maximum atomic E-state index is 14.6. The first-order valence-corrected chi connectivity index (χ1v) is 11.5. The highest BCUT2D eigenvalue weighted by Crippen LogP contribution is 2.35. The van der Waals surface area contributed by atoms with Crippen LogP contribution in [0.4, 0.5) is 8.78 Å². The number of benzene rings is 2. The summed E-state index contributed by atoms with van der Waals surface area (Å²) in [4.78, 5) is 17.5. The average molecular weight is 461 g/mol. The van der Waals surface area contributed by atoms with Gasteiger partial charge in [-0.15, -0.1) is 0 Å². The number of amides is 1. The van der Waals surface area contributed by atoms with Crippen LogP contribution in [0.3, 0.4) is 0 Å². The Morgan fingerprint density at radius 3 is 2.59 bits per heavy atom. The number of pyridine rings is 1. The van der Waals surface area contributed by atoms with Crippen molar-refractivity contribution in [2.75, 3.05) is 19.6 Å². The molecule has 0 unspecified atom stereocenters. The number of carbonyl (C=O) groups excluding carboxylic acids is 1. The van der Waals surface area contributed by atoms with E-state index in [1.54, 1.807) is 18.2 Å². The number of hydrogen-bond acceptors (Lipinski definition) is 3. The second kappa shape index (κ2) is 9.35. The molecule has 1 aliphatic rings. The molecule has 2 N–H and O–H groups in total. The highest BCUT2D eigenvalue weighted by molar-refractivity contribution is 5.95. The quantitative estimate of drug-likeness (QED) is 0.442. The van der Waals surface area contributed by atoms with Gasteiger partial charge in [0, 0.05) is 41.2 Å². The standard InChI is InChI=1S/C27H26F2N4O/c1-17-26(23-5-3-2-4-21(23)22-7-6-20(28)15-24(22)29)32-25-14-19(10-13-33(17)25)27(34)31-16-18-8-11-30-12-9-18/h2-7,10,13-15,18,30H,8-9,11-12,16H2,1H3,(H,31,34). The molecule has 0 spiro atoms. The van der Waals surface area contributed by atoms with E-state index in [0.717, 1.165) is 43.3 Å². The third-order valence-corrected chi connectivity index (χ3v) is 6.54. The molecule has 2 aromatic heterocycles. The van der Waals surface area contributed by atoms with Gasteiger partial charge in [0.1, 0.15) is 17.3 Å².